The Labute approximate surface area is 119 Å². The fraction of sp³-hybridized carbons (Fsp3) is 0. The molecule has 4 nitrogen and oxygen atoms in total. The number of thiophene rings is 1. The van der Waals surface area contributed by atoms with Crippen molar-refractivity contribution in [2.75, 3.05) is 0 Å². The molecule has 0 bridgehead atoms. The van der Waals surface area contributed by atoms with Crippen molar-refractivity contribution in [1.29, 1.82) is 0 Å². The van der Waals surface area contributed by atoms with Gasteiger partial charge >= 0.3 is 0 Å². The first-order valence-corrected chi connectivity index (χ1v) is 6.88. The Bertz CT molecular complexity index is 741. The van der Waals surface area contributed by atoms with Gasteiger partial charge in [-0.15, -0.1) is 11.3 Å². The molecule has 3 aromatic rings. The van der Waals surface area contributed by atoms with Crippen molar-refractivity contribution in [3.8, 4) is 27.9 Å². The minimum absolute atomic E-state index is 0.150. The number of hydrogen-bond donors (Lipinski definition) is 1. The Hall–Kier alpha value is -1.73. The van der Waals surface area contributed by atoms with Gasteiger partial charge in [0.05, 0.1) is 10.4 Å². The average Bonchev–Trinajstić information content (AvgIpc) is 2.97. The maximum absolute atomic E-state index is 12.9. The van der Waals surface area contributed by atoms with E-state index in [0.717, 1.165) is 15.4 Å². The van der Waals surface area contributed by atoms with E-state index >= 15 is 0 Å². The van der Waals surface area contributed by atoms with Crippen LogP contribution in [0.25, 0.3) is 22.2 Å². The molecular weight excluding hydrogens is 335 g/mol. The van der Waals surface area contributed by atoms with E-state index in [0.29, 0.717) is 11.4 Å². The minimum atomic E-state index is -0.525. The largest absolute Gasteiger partial charge is 0.507 e. The summed E-state index contributed by atoms with van der Waals surface area (Å²) in [6.45, 7) is 0. The summed E-state index contributed by atoms with van der Waals surface area (Å²) >= 11 is 4.81. The zero-order chi connectivity index (χ0) is 13.4. The SMILES string of the molecule is Oc1cc(F)ccc1-c1nc(-c2cc(Br)cs2)no1. The summed E-state index contributed by atoms with van der Waals surface area (Å²) in [5.74, 6) is -0.183. The standard InChI is InChI=1S/C12H6BrFN2O2S/c13-6-3-10(19-5-6)11-15-12(18-16-11)8-2-1-7(14)4-9(8)17/h1-5,17H. The molecule has 7 heteroatoms. The molecule has 1 aromatic carbocycles. The van der Waals surface area contributed by atoms with Crippen molar-refractivity contribution < 1.29 is 14.0 Å². The van der Waals surface area contributed by atoms with Crippen molar-refractivity contribution in [1.82, 2.24) is 10.1 Å². The highest BCUT2D eigenvalue weighted by molar-refractivity contribution is 9.10. The fourth-order valence-electron chi connectivity index (χ4n) is 1.55. The molecule has 0 aliphatic rings. The Balaban J connectivity index is 2.01. The van der Waals surface area contributed by atoms with E-state index in [9.17, 15) is 9.50 Å². The maximum Gasteiger partial charge on any atom is 0.262 e. The van der Waals surface area contributed by atoms with E-state index in [1.807, 2.05) is 11.4 Å². The van der Waals surface area contributed by atoms with Crippen molar-refractivity contribution in [2.24, 2.45) is 0 Å². The van der Waals surface area contributed by atoms with Crippen LogP contribution in [0.2, 0.25) is 0 Å². The molecule has 3 rings (SSSR count). The van der Waals surface area contributed by atoms with Gasteiger partial charge in [-0.2, -0.15) is 4.98 Å². The Morgan fingerprint density at radius 2 is 2.16 bits per heavy atom. The van der Waals surface area contributed by atoms with Crippen LogP contribution in [0.15, 0.2) is 38.6 Å². The quantitative estimate of drug-likeness (QED) is 0.763. The molecule has 0 saturated heterocycles. The van der Waals surface area contributed by atoms with Crippen LogP contribution < -0.4 is 0 Å². The van der Waals surface area contributed by atoms with Gasteiger partial charge in [-0.3, -0.25) is 0 Å². The molecule has 2 heterocycles. The second kappa shape index (κ2) is 4.75. The van der Waals surface area contributed by atoms with Gasteiger partial charge in [-0.1, -0.05) is 5.16 Å². The predicted octanol–water partition coefficient (Wildman–Crippen LogP) is 4.07. The summed E-state index contributed by atoms with van der Waals surface area (Å²) in [6, 6.07) is 5.48. The van der Waals surface area contributed by atoms with Crippen LogP contribution >= 0.6 is 27.3 Å². The first-order chi connectivity index (χ1) is 9.13. The lowest BCUT2D eigenvalue weighted by Crippen LogP contribution is -1.81. The van der Waals surface area contributed by atoms with Crippen molar-refractivity contribution >= 4 is 27.3 Å². The van der Waals surface area contributed by atoms with E-state index in [1.165, 1.54) is 23.5 Å². The second-order valence-electron chi connectivity index (χ2n) is 3.71. The van der Waals surface area contributed by atoms with E-state index in [2.05, 4.69) is 26.1 Å². The van der Waals surface area contributed by atoms with Crippen LogP contribution in [0.5, 0.6) is 5.75 Å². The van der Waals surface area contributed by atoms with Crippen molar-refractivity contribution in [2.45, 2.75) is 0 Å². The summed E-state index contributed by atoms with van der Waals surface area (Å²) in [7, 11) is 0. The van der Waals surface area contributed by atoms with Gasteiger partial charge in [0.2, 0.25) is 5.82 Å². The number of phenolic OH excluding ortho intramolecular Hbond substituents is 1. The zero-order valence-corrected chi connectivity index (χ0v) is 11.7. The van der Waals surface area contributed by atoms with Crippen LogP contribution in [0, 0.1) is 5.82 Å². The number of hydrogen-bond acceptors (Lipinski definition) is 5. The van der Waals surface area contributed by atoms with E-state index in [-0.39, 0.29) is 11.6 Å². The lowest BCUT2D eigenvalue weighted by Gasteiger charge is -1.97. The zero-order valence-electron chi connectivity index (χ0n) is 9.30. The van der Waals surface area contributed by atoms with Crippen LogP contribution in [0.1, 0.15) is 0 Å². The lowest BCUT2D eigenvalue weighted by molar-refractivity contribution is 0.425. The maximum atomic E-state index is 12.9. The normalized spacial score (nSPS) is 10.8. The summed E-state index contributed by atoms with van der Waals surface area (Å²) in [5.41, 5.74) is 0.302. The topological polar surface area (TPSA) is 59.2 Å². The molecule has 0 amide bonds. The molecule has 0 saturated carbocycles. The first-order valence-electron chi connectivity index (χ1n) is 5.20. The molecule has 19 heavy (non-hydrogen) atoms. The minimum Gasteiger partial charge on any atom is -0.507 e. The third-order valence-electron chi connectivity index (χ3n) is 2.40. The average molecular weight is 341 g/mol. The van der Waals surface area contributed by atoms with Crippen molar-refractivity contribution in [3.05, 3.63) is 39.9 Å². The third-order valence-corrected chi connectivity index (χ3v) is 4.09. The summed E-state index contributed by atoms with van der Waals surface area (Å²) in [4.78, 5) is 5.02. The van der Waals surface area contributed by atoms with Gasteiger partial charge in [0, 0.05) is 15.9 Å². The number of benzene rings is 1. The van der Waals surface area contributed by atoms with Gasteiger partial charge in [-0.05, 0) is 34.1 Å². The van der Waals surface area contributed by atoms with Gasteiger partial charge in [-0.25, -0.2) is 4.39 Å². The Morgan fingerprint density at radius 1 is 1.32 bits per heavy atom. The van der Waals surface area contributed by atoms with E-state index < -0.39 is 5.82 Å². The molecule has 0 aliphatic heterocycles. The summed E-state index contributed by atoms with van der Waals surface area (Å²) in [5, 5.41) is 15.4. The van der Waals surface area contributed by atoms with Crippen LogP contribution in [-0.2, 0) is 0 Å². The fourth-order valence-corrected chi connectivity index (χ4v) is 2.90. The van der Waals surface area contributed by atoms with E-state index in [1.54, 1.807) is 0 Å². The Kier molecular flexibility index (Phi) is 3.08. The molecular formula is C12H6BrFN2O2S. The molecule has 96 valence electrons. The highest BCUT2D eigenvalue weighted by Gasteiger charge is 2.15. The van der Waals surface area contributed by atoms with Crippen LogP contribution in [0.4, 0.5) is 4.39 Å². The summed E-state index contributed by atoms with van der Waals surface area (Å²) < 4.78 is 18.9. The highest BCUT2D eigenvalue weighted by Crippen LogP contribution is 2.32. The molecule has 0 unspecified atom stereocenters. The number of aromatic hydroxyl groups is 1. The number of halogens is 2. The number of nitrogens with zero attached hydrogens (tertiary/aromatic N) is 2. The molecule has 0 radical (unpaired) electrons. The van der Waals surface area contributed by atoms with Crippen LogP contribution in [0.3, 0.4) is 0 Å². The summed E-state index contributed by atoms with van der Waals surface area (Å²) in [6.07, 6.45) is 0. The van der Waals surface area contributed by atoms with Gasteiger partial charge < -0.3 is 9.63 Å². The molecule has 0 aliphatic carbocycles. The monoisotopic (exact) mass is 340 g/mol. The molecule has 1 N–H and O–H groups in total. The predicted molar refractivity (Wildman–Crippen MR) is 72.4 cm³/mol. The smallest absolute Gasteiger partial charge is 0.262 e. The first kappa shape index (κ1) is 12.3. The highest BCUT2D eigenvalue weighted by atomic mass is 79.9. The number of rotatable bonds is 2. The van der Waals surface area contributed by atoms with E-state index in [4.69, 9.17) is 4.52 Å². The van der Waals surface area contributed by atoms with Crippen molar-refractivity contribution in [3.63, 3.8) is 0 Å². The van der Waals surface area contributed by atoms with Crippen LogP contribution in [-0.4, -0.2) is 15.2 Å². The Morgan fingerprint density at radius 3 is 2.84 bits per heavy atom. The van der Waals surface area contributed by atoms with Gasteiger partial charge in [0.15, 0.2) is 0 Å². The molecule has 0 spiro atoms. The third kappa shape index (κ3) is 2.39. The lowest BCUT2D eigenvalue weighted by atomic mass is 10.2. The number of aromatic nitrogens is 2. The molecule has 2 aromatic heterocycles. The molecule has 0 fully saturated rings. The van der Waals surface area contributed by atoms with Gasteiger partial charge in [0.1, 0.15) is 11.6 Å². The molecule has 0 atom stereocenters. The second-order valence-corrected chi connectivity index (χ2v) is 5.54. The van der Waals surface area contributed by atoms with Gasteiger partial charge in [0.25, 0.3) is 5.89 Å². The number of phenols is 1.